The van der Waals surface area contributed by atoms with Gasteiger partial charge in [0.1, 0.15) is 0 Å². The summed E-state index contributed by atoms with van der Waals surface area (Å²) in [4.78, 5) is 2.50. The van der Waals surface area contributed by atoms with Crippen LogP contribution in [0.2, 0.25) is 0 Å². The molecule has 2 heterocycles. The lowest BCUT2D eigenvalue weighted by molar-refractivity contribution is 0.0982. The van der Waals surface area contributed by atoms with Crippen molar-refractivity contribution >= 4 is 0 Å². The highest BCUT2D eigenvalue weighted by molar-refractivity contribution is 4.91. The Morgan fingerprint density at radius 3 is 2.41 bits per heavy atom. The van der Waals surface area contributed by atoms with Gasteiger partial charge in [-0.15, -0.1) is 0 Å². The second-order valence-electron chi connectivity index (χ2n) is 6.44. The van der Waals surface area contributed by atoms with Crippen molar-refractivity contribution in [2.24, 2.45) is 17.8 Å². The smallest absolute Gasteiger partial charge is 0.0669 e. The minimum Gasteiger partial charge on any atom is -0.392 e. The van der Waals surface area contributed by atoms with Gasteiger partial charge in [0.25, 0.3) is 0 Å². The van der Waals surface area contributed by atoms with Crippen LogP contribution in [0.25, 0.3) is 0 Å². The molecule has 3 unspecified atom stereocenters. The van der Waals surface area contributed by atoms with Gasteiger partial charge in [-0.3, -0.25) is 0 Å². The predicted molar refractivity (Wildman–Crippen MR) is 68.9 cm³/mol. The molecule has 3 atom stereocenters. The van der Waals surface area contributed by atoms with Crippen LogP contribution in [0, 0.1) is 17.8 Å². The van der Waals surface area contributed by atoms with Crippen molar-refractivity contribution < 1.29 is 5.11 Å². The zero-order valence-electron chi connectivity index (χ0n) is 10.8. The number of hydrogen-bond donors (Lipinski definition) is 2. The highest BCUT2D eigenvalue weighted by atomic mass is 16.3. The number of hydrogen-bond acceptors (Lipinski definition) is 3. The maximum Gasteiger partial charge on any atom is 0.0669 e. The highest BCUT2D eigenvalue weighted by Crippen LogP contribution is 2.30. The molecular formula is C14H26N2O. The largest absolute Gasteiger partial charge is 0.392 e. The SMILES string of the molecule is OC(CC1CCCC1)CN1CC2CNCC2C1. The van der Waals surface area contributed by atoms with Gasteiger partial charge < -0.3 is 15.3 Å². The number of rotatable bonds is 4. The number of likely N-dealkylation sites (tertiary alicyclic amines) is 1. The van der Waals surface area contributed by atoms with E-state index in [4.69, 9.17) is 0 Å². The number of nitrogens with zero attached hydrogens (tertiary/aromatic N) is 1. The van der Waals surface area contributed by atoms with E-state index in [-0.39, 0.29) is 6.10 Å². The van der Waals surface area contributed by atoms with Crippen molar-refractivity contribution in [1.82, 2.24) is 10.2 Å². The summed E-state index contributed by atoms with van der Waals surface area (Å²) in [5.41, 5.74) is 0. The standard InChI is InChI=1S/C14H26N2O/c17-14(5-11-3-1-2-4-11)10-16-8-12-6-15-7-13(12)9-16/h11-15,17H,1-10H2. The van der Waals surface area contributed by atoms with Crippen LogP contribution in [-0.4, -0.2) is 48.8 Å². The lowest BCUT2D eigenvalue weighted by Crippen LogP contribution is -2.33. The summed E-state index contributed by atoms with van der Waals surface area (Å²) in [5.74, 6) is 2.52. The molecular weight excluding hydrogens is 212 g/mol. The summed E-state index contributed by atoms with van der Waals surface area (Å²) < 4.78 is 0. The Labute approximate surface area is 105 Å². The molecule has 2 aliphatic heterocycles. The fourth-order valence-corrected chi connectivity index (χ4v) is 4.11. The first-order chi connectivity index (χ1) is 8.31. The zero-order valence-corrected chi connectivity index (χ0v) is 10.8. The van der Waals surface area contributed by atoms with Crippen molar-refractivity contribution in [3.8, 4) is 0 Å². The quantitative estimate of drug-likeness (QED) is 0.769. The van der Waals surface area contributed by atoms with Crippen LogP contribution in [0.4, 0.5) is 0 Å². The predicted octanol–water partition coefficient (Wildman–Crippen LogP) is 1.08. The molecule has 1 saturated carbocycles. The number of fused-ring (bicyclic) bond motifs is 1. The Morgan fingerprint density at radius 2 is 1.76 bits per heavy atom. The average molecular weight is 238 g/mol. The normalized spacial score (nSPS) is 36.5. The Morgan fingerprint density at radius 1 is 1.12 bits per heavy atom. The Bertz CT molecular complexity index is 241. The zero-order chi connectivity index (χ0) is 11.7. The molecule has 0 aromatic carbocycles. The lowest BCUT2D eigenvalue weighted by atomic mass is 10.00. The van der Waals surface area contributed by atoms with Crippen molar-refractivity contribution in [1.29, 1.82) is 0 Å². The molecule has 0 aromatic heterocycles. The first kappa shape index (κ1) is 11.9. The topological polar surface area (TPSA) is 35.5 Å². The van der Waals surface area contributed by atoms with Gasteiger partial charge in [-0.25, -0.2) is 0 Å². The van der Waals surface area contributed by atoms with E-state index in [2.05, 4.69) is 10.2 Å². The van der Waals surface area contributed by atoms with Crippen molar-refractivity contribution in [3.05, 3.63) is 0 Å². The van der Waals surface area contributed by atoms with Crippen LogP contribution < -0.4 is 5.32 Å². The molecule has 3 heteroatoms. The highest BCUT2D eigenvalue weighted by Gasteiger charge is 2.36. The van der Waals surface area contributed by atoms with Crippen LogP contribution in [0.5, 0.6) is 0 Å². The van der Waals surface area contributed by atoms with Crippen LogP contribution in [-0.2, 0) is 0 Å². The van der Waals surface area contributed by atoms with Crippen LogP contribution in [0.3, 0.4) is 0 Å². The molecule has 0 radical (unpaired) electrons. The van der Waals surface area contributed by atoms with Crippen LogP contribution in [0.1, 0.15) is 32.1 Å². The lowest BCUT2D eigenvalue weighted by Gasteiger charge is -2.22. The molecule has 0 aromatic rings. The van der Waals surface area contributed by atoms with Gasteiger partial charge in [0.2, 0.25) is 0 Å². The maximum absolute atomic E-state index is 10.2. The second kappa shape index (κ2) is 5.25. The Kier molecular flexibility index (Phi) is 3.69. The molecule has 0 amide bonds. The van der Waals surface area contributed by atoms with Gasteiger partial charge in [0.05, 0.1) is 6.10 Å². The van der Waals surface area contributed by atoms with E-state index < -0.39 is 0 Å². The van der Waals surface area contributed by atoms with E-state index in [0.29, 0.717) is 0 Å². The monoisotopic (exact) mass is 238 g/mol. The maximum atomic E-state index is 10.2. The molecule has 3 rings (SSSR count). The van der Waals surface area contributed by atoms with Gasteiger partial charge in [-0.05, 0) is 37.3 Å². The number of nitrogens with one attached hydrogen (secondary N) is 1. The third-order valence-corrected chi connectivity index (χ3v) is 5.01. The van der Waals surface area contributed by atoms with Gasteiger partial charge in [-0.2, -0.15) is 0 Å². The summed E-state index contributed by atoms with van der Waals surface area (Å²) in [6.07, 6.45) is 6.45. The third kappa shape index (κ3) is 2.83. The van der Waals surface area contributed by atoms with Gasteiger partial charge in [0.15, 0.2) is 0 Å². The minimum absolute atomic E-state index is 0.0788. The third-order valence-electron chi connectivity index (χ3n) is 5.01. The molecule has 3 aliphatic rings. The van der Waals surface area contributed by atoms with Gasteiger partial charge >= 0.3 is 0 Å². The summed E-state index contributed by atoms with van der Waals surface area (Å²) >= 11 is 0. The van der Waals surface area contributed by atoms with E-state index in [1.54, 1.807) is 0 Å². The van der Waals surface area contributed by atoms with E-state index in [9.17, 15) is 5.11 Å². The first-order valence-electron chi connectivity index (χ1n) is 7.42. The van der Waals surface area contributed by atoms with Crippen molar-refractivity contribution in [3.63, 3.8) is 0 Å². The fourth-order valence-electron chi connectivity index (χ4n) is 4.11. The molecule has 2 saturated heterocycles. The fraction of sp³-hybridized carbons (Fsp3) is 1.00. The minimum atomic E-state index is -0.0788. The first-order valence-corrected chi connectivity index (χ1v) is 7.42. The Hall–Kier alpha value is -0.120. The molecule has 1 aliphatic carbocycles. The molecule has 0 spiro atoms. The van der Waals surface area contributed by atoms with E-state index in [1.807, 2.05) is 0 Å². The van der Waals surface area contributed by atoms with Gasteiger partial charge in [-0.1, -0.05) is 25.7 Å². The van der Waals surface area contributed by atoms with E-state index in [0.717, 1.165) is 30.7 Å². The molecule has 17 heavy (non-hydrogen) atoms. The van der Waals surface area contributed by atoms with Crippen molar-refractivity contribution in [2.45, 2.75) is 38.2 Å². The molecule has 3 nitrogen and oxygen atoms in total. The summed E-state index contributed by atoms with van der Waals surface area (Å²) in [6.45, 7) is 5.72. The van der Waals surface area contributed by atoms with E-state index >= 15 is 0 Å². The molecule has 2 N–H and O–H groups in total. The Balaban J connectivity index is 1.41. The van der Waals surface area contributed by atoms with Crippen LogP contribution in [0.15, 0.2) is 0 Å². The van der Waals surface area contributed by atoms with Crippen molar-refractivity contribution in [2.75, 3.05) is 32.7 Å². The van der Waals surface area contributed by atoms with E-state index in [1.165, 1.54) is 51.9 Å². The number of β-amino-alcohol motifs (C(OH)–C–C–N with tert-alkyl or cyclic N) is 1. The van der Waals surface area contributed by atoms with Gasteiger partial charge in [0, 0.05) is 19.6 Å². The summed E-state index contributed by atoms with van der Waals surface area (Å²) in [5, 5.41) is 13.6. The summed E-state index contributed by atoms with van der Waals surface area (Å²) in [7, 11) is 0. The molecule has 98 valence electrons. The molecule has 3 fully saturated rings. The number of aliphatic hydroxyl groups is 1. The van der Waals surface area contributed by atoms with Crippen LogP contribution >= 0.6 is 0 Å². The second-order valence-corrected chi connectivity index (χ2v) is 6.44. The molecule has 0 bridgehead atoms. The summed E-state index contributed by atoms with van der Waals surface area (Å²) in [6, 6.07) is 0. The number of aliphatic hydroxyl groups excluding tert-OH is 1. The average Bonchev–Trinajstić information content (AvgIpc) is 2.92.